The Balaban J connectivity index is 1.95. The van der Waals surface area contributed by atoms with E-state index in [4.69, 9.17) is 5.73 Å². The number of nitrogens with two attached hydrogens (primary N) is 1. The molecule has 2 rings (SSSR count). The first-order chi connectivity index (χ1) is 9.29. The molecule has 0 fully saturated rings. The van der Waals surface area contributed by atoms with Gasteiger partial charge in [-0.25, -0.2) is 0 Å². The zero-order valence-corrected chi connectivity index (χ0v) is 11.5. The normalized spacial score (nSPS) is 12.3. The van der Waals surface area contributed by atoms with E-state index in [0.29, 0.717) is 0 Å². The first-order valence-electron chi connectivity index (χ1n) is 7.03. The Hall–Kier alpha value is -1.67. The van der Waals surface area contributed by atoms with Crippen LogP contribution in [0.15, 0.2) is 48.8 Å². The summed E-state index contributed by atoms with van der Waals surface area (Å²) >= 11 is 0. The van der Waals surface area contributed by atoms with Crippen LogP contribution in [0, 0.1) is 0 Å². The fourth-order valence-corrected chi connectivity index (χ4v) is 2.30. The highest BCUT2D eigenvalue weighted by atomic mass is 14.6. The monoisotopic (exact) mass is 254 g/mol. The Morgan fingerprint density at radius 1 is 1.11 bits per heavy atom. The molecule has 19 heavy (non-hydrogen) atoms. The molecule has 1 aromatic carbocycles. The Kier molecular flexibility index (Phi) is 5.10. The van der Waals surface area contributed by atoms with Gasteiger partial charge >= 0.3 is 0 Å². The molecular formula is C17H22N2. The number of hydrogen-bond acceptors (Lipinski definition) is 2. The van der Waals surface area contributed by atoms with Crippen LogP contribution in [0.25, 0.3) is 0 Å². The minimum atomic E-state index is 0.108. The molecule has 2 aromatic rings. The van der Waals surface area contributed by atoms with Crippen molar-refractivity contribution in [1.82, 2.24) is 4.98 Å². The predicted molar refractivity (Wildman–Crippen MR) is 79.9 cm³/mol. The molecule has 0 aliphatic rings. The number of rotatable bonds is 6. The first-order valence-corrected chi connectivity index (χ1v) is 7.03. The number of aromatic nitrogens is 1. The summed E-state index contributed by atoms with van der Waals surface area (Å²) in [5.74, 6) is 0. The molecule has 1 atom stereocenters. The van der Waals surface area contributed by atoms with E-state index < -0.39 is 0 Å². The molecule has 100 valence electrons. The second kappa shape index (κ2) is 7.05. The van der Waals surface area contributed by atoms with Crippen molar-refractivity contribution in [3.8, 4) is 0 Å². The predicted octanol–water partition coefficient (Wildman–Crippen LogP) is 3.67. The lowest BCUT2D eigenvalue weighted by molar-refractivity contribution is 0.649. The average Bonchev–Trinajstić information content (AvgIpc) is 2.46. The summed E-state index contributed by atoms with van der Waals surface area (Å²) in [6, 6.07) is 12.9. The number of benzene rings is 1. The van der Waals surface area contributed by atoms with Crippen LogP contribution >= 0.6 is 0 Å². The third-order valence-electron chi connectivity index (χ3n) is 3.38. The van der Waals surface area contributed by atoms with Crippen molar-refractivity contribution in [2.45, 2.75) is 38.6 Å². The average molecular weight is 254 g/mol. The number of hydrogen-bond donors (Lipinski definition) is 1. The van der Waals surface area contributed by atoms with E-state index in [0.717, 1.165) is 19.3 Å². The molecular weight excluding hydrogens is 232 g/mol. The maximum atomic E-state index is 6.29. The fourth-order valence-electron chi connectivity index (χ4n) is 2.30. The minimum absolute atomic E-state index is 0.108. The van der Waals surface area contributed by atoms with Crippen LogP contribution in [0.2, 0.25) is 0 Å². The lowest BCUT2D eigenvalue weighted by Gasteiger charge is -2.13. The van der Waals surface area contributed by atoms with Gasteiger partial charge in [0.15, 0.2) is 0 Å². The molecule has 1 heterocycles. The van der Waals surface area contributed by atoms with Crippen molar-refractivity contribution >= 4 is 0 Å². The highest BCUT2D eigenvalue weighted by Crippen LogP contribution is 2.18. The maximum Gasteiger partial charge on any atom is 0.0299 e. The summed E-state index contributed by atoms with van der Waals surface area (Å²) in [6.45, 7) is 2.20. The number of nitrogens with zero attached hydrogens (tertiary/aromatic N) is 1. The lowest BCUT2D eigenvalue weighted by Crippen LogP contribution is -2.11. The second-order valence-corrected chi connectivity index (χ2v) is 5.00. The van der Waals surface area contributed by atoms with Gasteiger partial charge in [-0.15, -0.1) is 0 Å². The molecule has 0 bridgehead atoms. The van der Waals surface area contributed by atoms with Crippen LogP contribution in [0.1, 0.15) is 42.5 Å². The van der Waals surface area contributed by atoms with E-state index in [2.05, 4.69) is 42.2 Å². The summed E-state index contributed by atoms with van der Waals surface area (Å²) in [4.78, 5) is 4.13. The van der Waals surface area contributed by atoms with Gasteiger partial charge in [-0.05, 0) is 42.0 Å². The SMILES string of the molecule is CCCc1cccc(C(N)CCc2cccnc2)c1. The van der Waals surface area contributed by atoms with Crippen molar-refractivity contribution in [2.24, 2.45) is 5.73 Å². The quantitative estimate of drug-likeness (QED) is 0.854. The Morgan fingerprint density at radius 2 is 1.95 bits per heavy atom. The van der Waals surface area contributed by atoms with Gasteiger partial charge in [0.25, 0.3) is 0 Å². The summed E-state index contributed by atoms with van der Waals surface area (Å²) in [6.07, 6.45) is 7.96. The Bertz CT molecular complexity index is 494. The van der Waals surface area contributed by atoms with Crippen molar-refractivity contribution < 1.29 is 0 Å². The lowest BCUT2D eigenvalue weighted by atomic mass is 9.98. The molecule has 0 saturated carbocycles. The zero-order valence-electron chi connectivity index (χ0n) is 11.5. The van der Waals surface area contributed by atoms with E-state index in [1.54, 1.807) is 6.20 Å². The molecule has 2 heteroatoms. The molecule has 0 saturated heterocycles. The van der Waals surface area contributed by atoms with Gasteiger partial charge in [0, 0.05) is 18.4 Å². The van der Waals surface area contributed by atoms with Crippen molar-refractivity contribution in [3.05, 3.63) is 65.5 Å². The number of aryl methyl sites for hydroxylation is 2. The Morgan fingerprint density at radius 3 is 2.68 bits per heavy atom. The highest BCUT2D eigenvalue weighted by Gasteiger charge is 2.07. The van der Waals surface area contributed by atoms with Crippen LogP contribution in [-0.2, 0) is 12.8 Å². The zero-order chi connectivity index (χ0) is 13.5. The molecule has 2 N–H and O–H groups in total. The van der Waals surface area contributed by atoms with Crippen LogP contribution in [0.3, 0.4) is 0 Å². The molecule has 1 aromatic heterocycles. The Labute approximate surface area is 115 Å². The first kappa shape index (κ1) is 13.8. The summed E-state index contributed by atoms with van der Waals surface area (Å²) in [7, 11) is 0. The van der Waals surface area contributed by atoms with Gasteiger partial charge in [-0.1, -0.05) is 43.7 Å². The third-order valence-corrected chi connectivity index (χ3v) is 3.38. The van der Waals surface area contributed by atoms with E-state index in [-0.39, 0.29) is 6.04 Å². The van der Waals surface area contributed by atoms with Crippen molar-refractivity contribution in [2.75, 3.05) is 0 Å². The van der Waals surface area contributed by atoms with Crippen LogP contribution < -0.4 is 5.73 Å². The summed E-state index contributed by atoms with van der Waals surface area (Å²) in [5.41, 5.74) is 10.2. The molecule has 0 aliphatic carbocycles. The molecule has 1 unspecified atom stereocenters. The molecule has 0 aliphatic heterocycles. The van der Waals surface area contributed by atoms with Crippen LogP contribution in [0.4, 0.5) is 0 Å². The van der Waals surface area contributed by atoms with Gasteiger partial charge in [0.2, 0.25) is 0 Å². The van der Waals surface area contributed by atoms with E-state index in [9.17, 15) is 0 Å². The van der Waals surface area contributed by atoms with E-state index in [1.807, 2.05) is 12.3 Å². The van der Waals surface area contributed by atoms with Crippen molar-refractivity contribution in [3.63, 3.8) is 0 Å². The smallest absolute Gasteiger partial charge is 0.0299 e. The van der Waals surface area contributed by atoms with Gasteiger partial charge in [-0.3, -0.25) is 4.98 Å². The number of pyridine rings is 1. The molecule has 0 amide bonds. The highest BCUT2D eigenvalue weighted by molar-refractivity contribution is 5.26. The van der Waals surface area contributed by atoms with Crippen LogP contribution in [-0.4, -0.2) is 4.98 Å². The summed E-state index contributed by atoms with van der Waals surface area (Å²) < 4.78 is 0. The standard InChI is InChI=1S/C17H22N2/c1-2-5-14-6-3-8-16(12-14)17(18)10-9-15-7-4-11-19-13-15/h3-4,6-8,11-13,17H,2,5,9-10,18H2,1H3. The van der Waals surface area contributed by atoms with Gasteiger partial charge < -0.3 is 5.73 Å². The maximum absolute atomic E-state index is 6.29. The molecule has 0 radical (unpaired) electrons. The molecule has 0 spiro atoms. The van der Waals surface area contributed by atoms with E-state index >= 15 is 0 Å². The second-order valence-electron chi connectivity index (χ2n) is 5.00. The van der Waals surface area contributed by atoms with Gasteiger partial charge in [0.1, 0.15) is 0 Å². The third kappa shape index (κ3) is 4.18. The molecule has 2 nitrogen and oxygen atoms in total. The fraction of sp³-hybridized carbons (Fsp3) is 0.353. The topological polar surface area (TPSA) is 38.9 Å². The van der Waals surface area contributed by atoms with Crippen LogP contribution in [0.5, 0.6) is 0 Å². The van der Waals surface area contributed by atoms with E-state index in [1.165, 1.54) is 23.1 Å². The minimum Gasteiger partial charge on any atom is -0.324 e. The summed E-state index contributed by atoms with van der Waals surface area (Å²) in [5, 5.41) is 0. The van der Waals surface area contributed by atoms with Crippen molar-refractivity contribution in [1.29, 1.82) is 0 Å². The largest absolute Gasteiger partial charge is 0.324 e. The van der Waals surface area contributed by atoms with Gasteiger partial charge in [0.05, 0.1) is 0 Å². The van der Waals surface area contributed by atoms with Gasteiger partial charge in [-0.2, -0.15) is 0 Å².